The van der Waals surface area contributed by atoms with Crippen molar-refractivity contribution in [3.63, 3.8) is 0 Å². The van der Waals surface area contributed by atoms with E-state index in [1.165, 1.54) is 83.1 Å². The first-order valence-electron chi connectivity index (χ1n) is 16.2. The number of amides is 1. The van der Waals surface area contributed by atoms with Gasteiger partial charge in [0.1, 0.15) is 0 Å². The van der Waals surface area contributed by atoms with Gasteiger partial charge in [-0.25, -0.2) is 0 Å². The van der Waals surface area contributed by atoms with Crippen molar-refractivity contribution in [1.29, 1.82) is 0 Å². The third kappa shape index (κ3) is 28.1. The van der Waals surface area contributed by atoms with Crippen LogP contribution in [0.2, 0.25) is 0 Å². The van der Waals surface area contributed by atoms with Crippen LogP contribution >= 0.6 is 0 Å². The molecule has 0 aliphatic carbocycles. The van der Waals surface area contributed by atoms with Crippen LogP contribution in [0.5, 0.6) is 0 Å². The molecule has 0 radical (unpaired) electrons. The van der Waals surface area contributed by atoms with E-state index in [4.69, 9.17) is 0 Å². The third-order valence-electron chi connectivity index (χ3n) is 7.05. The van der Waals surface area contributed by atoms with Crippen molar-refractivity contribution in [3.8, 4) is 0 Å². The lowest BCUT2D eigenvalue weighted by Crippen LogP contribution is -2.46. The molecule has 40 heavy (non-hydrogen) atoms. The van der Waals surface area contributed by atoms with Gasteiger partial charge in [0, 0.05) is 6.42 Å². The van der Waals surface area contributed by atoms with E-state index in [9.17, 15) is 22.9 Å². The molecule has 0 fully saturated rings. The van der Waals surface area contributed by atoms with E-state index in [0.717, 1.165) is 44.9 Å². The monoisotopic (exact) mass is 583 g/mol. The number of hydrogen-bond donors (Lipinski definition) is 3. The number of allylic oxidation sites excluding steroid dienone is 5. The Morgan fingerprint density at radius 2 is 1.07 bits per heavy atom. The average Bonchev–Trinajstić information content (AvgIpc) is 2.90. The lowest BCUT2D eigenvalue weighted by Gasteiger charge is -2.21. The molecule has 0 spiro atoms. The molecule has 0 aliphatic rings. The Balaban J connectivity index is 4.15. The highest BCUT2D eigenvalue weighted by Crippen LogP contribution is 2.13. The lowest BCUT2D eigenvalue weighted by atomic mass is 10.0. The Hall–Kier alpha value is -1.44. The van der Waals surface area contributed by atoms with Gasteiger partial charge in [-0.15, -0.1) is 0 Å². The summed E-state index contributed by atoms with van der Waals surface area (Å²) in [4.78, 5) is 12.4. The second kappa shape index (κ2) is 27.7. The van der Waals surface area contributed by atoms with Gasteiger partial charge in [-0.2, -0.15) is 8.42 Å². The van der Waals surface area contributed by atoms with Gasteiger partial charge in [0.2, 0.25) is 5.91 Å². The first kappa shape index (κ1) is 38.6. The van der Waals surface area contributed by atoms with Crippen molar-refractivity contribution >= 4 is 16.0 Å². The zero-order valence-electron chi connectivity index (χ0n) is 25.7. The smallest absolute Gasteiger partial charge is 0.267 e. The van der Waals surface area contributed by atoms with Crippen LogP contribution in [0, 0.1) is 0 Å². The maximum Gasteiger partial charge on any atom is 0.267 e. The minimum atomic E-state index is -4.34. The number of carbonyl (C=O) groups excluding carboxylic acids is 1. The van der Waals surface area contributed by atoms with Crippen LogP contribution < -0.4 is 5.32 Å². The number of rotatable bonds is 28. The minimum absolute atomic E-state index is 0.286. The zero-order valence-corrected chi connectivity index (χ0v) is 26.5. The second-order valence-corrected chi connectivity index (χ2v) is 12.6. The van der Waals surface area contributed by atoms with Crippen molar-refractivity contribution < 1.29 is 22.9 Å². The van der Waals surface area contributed by atoms with Gasteiger partial charge in [-0.3, -0.25) is 9.35 Å². The predicted molar refractivity (Wildman–Crippen MR) is 170 cm³/mol. The molecule has 0 aliphatic heterocycles. The van der Waals surface area contributed by atoms with Crippen molar-refractivity contribution in [3.05, 3.63) is 36.5 Å². The van der Waals surface area contributed by atoms with Gasteiger partial charge in [-0.1, -0.05) is 134 Å². The highest BCUT2D eigenvalue weighted by atomic mass is 32.2. The number of aliphatic hydroxyl groups excluding tert-OH is 1. The van der Waals surface area contributed by atoms with E-state index in [1.807, 2.05) is 0 Å². The Morgan fingerprint density at radius 1 is 0.650 bits per heavy atom. The molecule has 0 aromatic carbocycles. The SMILES string of the molecule is CCCCC/C=C/CC/C=C/CC/C=C/C(O)C(CS(=O)(=O)O)NC(=O)CCCCCCCCCCCCCC. The van der Waals surface area contributed by atoms with E-state index in [1.54, 1.807) is 6.08 Å². The lowest BCUT2D eigenvalue weighted by molar-refractivity contribution is -0.122. The van der Waals surface area contributed by atoms with Crippen molar-refractivity contribution in [1.82, 2.24) is 5.32 Å². The summed E-state index contributed by atoms with van der Waals surface area (Å²) in [5.74, 6) is -1.01. The third-order valence-corrected chi connectivity index (χ3v) is 7.83. The van der Waals surface area contributed by atoms with E-state index >= 15 is 0 Å². The molecular formula is C33H61NO5S. The zero-order chi connectivity index (χ0) is 29.7. The molecule has 0 saturated heterocycles. The maximum atomic E-state index is 12.4. The molecule has 234 valence electrons. The molecule has 6 nitrogen and oxygen atoms in total. The summed E-state index contributed by atoms with van der Waals surface area (Å²) in [5.41, 5.74) is 0. The molecule has 2 atom stereocenters. The molecule has 3 N–H and O–H groups in total. The van der Waals surface area contributed by atoms with Gasteiger partial charge < -0.3 is 10.4 Å². The van der Waals surface area contributed by atoms with E-state index in [2.05, 4.69) is 43.5 Å². The van der Waals surface area contributed by atoms with Crippen molar-refractivity contribution in [2.45, 2.75) is 161 Å². The predicted octanol–water partition coefficient (Wildman–Crippen LogP) is 8.62. The largest absolute Gasteiger partial charge is 0.387 e. The number of aliphatic hydroxyl groups is 1. The first-order chi connectivity index (χ1) is 19.3. The van der Waals surface area contributed by atoms with Gasteiger partial charge in [0.15, 0.2) is 0 Å². The van der Waals surface area contributed by atoms with Crippen LogP contribution in [0.4, 0.5) is 0 Å². The molecule has 0 bridgehead atoms. The van der Waals surface area contributed by atoms with Crippen molar-refractivity contribution in [2.24, 2.45) is 0 Å². The Morgan fingerprint density at radius 3 is 1.57 bits per heavy atom. The Bertz CT molecular complexity index is 776. The molecule has 0 aromatic heterocycles. The quantitative estimate of drug-likeness (QED) is 0.0486. The number of unbranched alkanes of at least 4 members (excludes halogenated alkanes) is 16. The fraction of sp³-hybridized carbons (Fsp3) is 0.788. The highest BCUT2D eigenvalue weighted by Gasteiger charge is 2.24. The summed E-state index contributed by atoms with van der Waals surface area (Å²) in [7, 11) is -4.34. The standard InChI is InChI=1S/C33H61NO5S/c1-3-5-7-9-11-13-15-17-18-20-22-24-26-28-32(35)31(30-40(37,38)39)34-33(36)29-27-25-23-21-19-16-14-12-10-8-6-4-2/h11,13,18,20,26,28,31-32,35H,3-10,12,14-17,19,21-25,27,29-30H2,1-2H3,(H,34,36)(H,37,38,39)/b13-11+,20-18+,28-26+. The Labute approximate surface area is 246 Å². The van der Waals surface area contributed by atoms with Gasteiger partial charge >= 0.3 is 0 Å². The van der Waals surface area contributed by atoms with Crippen LogP contribution in [0.1, 0.15) is 149 Å². The van der Waals surface area contributed by atoms with E-state index in [0.29, 0.717) is 6.42 Å². The summed E-state index contributed by atoms with van der Waals surface area (Å²) >= 11 is 0. The summed E-state index contributed by atoms with van der Waals surface area (Å²) < 4.78 is 32.2. The van der Waals surface area contributed by atoms with Crippen LogP contribution in [-0.2, 0) is 14.9 Å². The summed E-state index contributed by atoms with van der Waals surface area (Å²) in [6, 6.07) is -1.07. The first-order valence-corrected chi connectivity index (χ1v) is 17.8. The molecule has 0 heterocycles. The topological polar surface area (TPSA) is 104 Å². The molecule has 2 unspecified atom stereocenters. The fourth-order valence-corrected chi connectivity index (χ4v) is 5.33. The summed E-state index contributed by atoms with van der Waals surface area (Å²) in [5, 5.41) is 13.1. The molecular weight excluding hydrogens is 522 g/mol. The molecule has 0 aromatic rings. The summed E-state index contributed by atoms with van der Waals surface area (Å²) in [6.45, 7) is 4.45. The average molecular weight is 584 g/mol. The molecule has 0 rings (SSSR count). The van der Waals surface area contributed by atoms with Crippen LogP contribution in [0.25, 0.3) is 0 Å². The molecule has 0 saturated carbocycles. The minimum Gasteiger partial charge on any atom is -0.387 e. The van der Waals surface area contributed by atoms with Crippen LogP contribution in [0.15, 0.2) is 36.5 Å². The summed E-state index contributed by atoms with van der Waals surface area (Å²) in [6.07, 6.45) is 34.1. The van der Waals surface area contributed by atoms with Crippen molar-refractivity contribution in [2.75, 3.05) is 5.75 Å². The molecule has 1 amide bonds. The van der Waals surface area contributed by atoms with Crippen LogP contribution in [-0.4, -0.2) is 41.9 Å². The van der Waals surface area contributed by atoms with E-state index in [-0.39, 0.29) is 12.3 Å². The molecule has 7 heteroatoms. The van der Waals surface area contributed by atoms with Gasteiger partial charge in [0.25, 0.3) is 10.1 Å². The van der Waals surface area contributed by atoms with Gasteiger partial charge in [0.05, 0.1) is 17.9 Å². The fourth-order valence-electron chi connectivity index (χ4n) is 4.60. The number of nitrogens with one attached hydrogen (secondary N) is 1. The van der Waals surface area contributed by atoms with Crippen LogP contribution in [0.3, 0.4) is 0 Å². The second-order valence-electron chi connectivity index (χ2n) is 11.1. The Kier molecular flexibility index (Phi) is 26.7. The van der Waals surface area contributed by atoms with Gasteiger partial charge in [-0.05, 0) is 44.9 Å². The maximum absolute atomic E-state index is 12.4. The number of hydrogen-bond acceptors (Lipinski definition) is 4. The van der Waals surface area contributed by atoms with E-state index < -0.39 is 28.0 Å². The highest BCUT2D eigenvalue weighted by molar-refractivity contribution is 7.85. The number of carbonyl (C=O) groups is 1. The normalized spacial score (nSPS) is 14.0.